The van der Waals surface area contributed by atoms with Crippen LogP contribution in [0.1, 0.15) is 12.8 Å². The van der Waals surface area contributed by atoms with Gasteiger partial charge < -0.3 is 0 Å². The molecule has 0 rings (SSSR count). The minimum absolute atomic E-state index is 1.01. The molecule has 0 aromatic heterocycles. The molecule has 0 saturated carbocycles. The van der Waals surface area contributed by atoms with E-state index in [0.29, 0.717) is 0 Å². The van der Waals surface area contributed by atoms with Crippen molar-refractivity contribution in [2.24, 2.45) is 0 Å². The number of unbranched alkanes of at least 4 members (excludes halogenated alkanes) is 1. The molecule has 0 N–H and O–H groups in total. The SMILES string of the molecule is C#CC=CCCC=C. The van der Waals surface area contributed by atoms with Gasteiger partial charge in [-0.3, -0.25) is 0 Å². The van der Waals surface area contributed by atoms with Gasteiger partial charge in [-0.15, -0.1) is 13.0 Å². The van der Waals surface area contributed by atoms with Crippen molar-refractivity contribution in [2.75, 3.05) is 0 Å². The molecule has 0 aliphatic carbocycles. The van der Waals surface area contributed by atoms with Gasteiger partial charge in [0.15, 0.2) is 0 Å². The van der Waals surface area contributed by atoms with Crippen LogP contribution in [-0.2, 0) is 0 Å². The van der Waals surface area contributed by atoms with Crippen molar-refractivity contribution in [3.05, 3.63) is 24.8 Å². The average molecular weight is 106 g/mol. The van der Waals surface area contributed by atoms with Crippen molar-refractivity contribution >= 4 is 0 Å². The predicted molar refractivity (Wildman–Crippen MR) is 37.4 cm³/mol. The van der Waals surface area contributed by atoms with Gasteiger partial charge in [0, 0.05) is 0 Å². The molecule has 0 aliphatic heterocycles. The van der Waals surface area contributed by atoms with Gasteiger partial charge in [-0.25, -0.2) is 0 Å². The summed E-state index contributed by atoms with van der Waals surface area (Å²) in [7, 11) is 0. The lowest BCUT2D eigenvalue weighted by molar-refractivity contribution is 1.06. The molecule has 0 atom stereocenters. The number of terminal acetylenes is 1. The lowest BCUT2D eigenvalue weighted by Gasteiger charge is -1.79. The van der Waals surface area contributed by atoms with Crippen LogP contribution in [0.5, 0.6) is 0 Å². The molecule has 0 nitrogen and oxygen atoms in total. The van der Waals surface area contributed by atoms with E-state index in [2.05, 4.69) is 12.5 Å². The van der Waals surface area contributed by atoms with Gasteiger partial charge in [-0.1, -0.05) is 18.1 Å². The van der Waals surface area contributed by atoms with Crippen molar-refractivity contribution in [1.82, 2.24) is 0 Å². The highest BCUT2D eigenvalue weighted by atomic mass is 13.8. The fourth-order valence-corrected chi connectivity index (χ4v) is 0.365. The highest BCUT2D eigenvalue weighted by Gasteiger charge is 1.69. The molecule has 0 heterocycles. The summed E-state index contributed by atoms with van der Waals surface area (Å²) >= 11 is 0. The zero-order valence-electron chi connectivity index (χ0n) is 4.93. The van der Waals surface area contributed by atoms with Crippen LogP contribution < -0.4 is 0 Å². The molecule has 0 unspecified atom stereocenters. The number of hydrogen-bond donors (Lipinski definition) is 0. The third kappa shape index (κ3) is 5.04. The Kier molecular flexibility index (Phi) is 5.32. The second kappa shape index (κ2) is 6.04. The van der Waals surface area contributed by atoms with E-state index in [4.69, 9.17) is 6.42 Å². The second-order valence-electron chi connectivity index (χ2n) is 1.44. The van der Waals surface area contributed by atoms with Crippen LogP contribution in [0.4, 0.5) is 0 Å². The second-order valence-corrected chi connectivity index (χ2v) is 1.44. The summed E-state index contributed by atoms with van der Waals surface area (Å²) in [6, 6.07) is 0. The molecule has 0 fully saturated rings. The van der Waals surface area contributed by atoms with Gasteiger partial charge in [0.1, 0.15) is 0 Å². The monoisotopic (exact) mass is 106 g/mol. The van der Waals surface area contributed by atoms with Crippen LogP contribution in [0.2, 0.25) is 0 Å². The molecule has 42 valence electrons. The minimum atomic E-state index is 1.01. The Balaban J connectivity index is 3.06. The zero-order valence-corrected chi connectivity index (χ0v) is 4.93. The normalized spacial score (nSPS) is 8.88. The Hall–Kier alpha value is -0.960. The first-order chi connectivity index (χ1) is 3.91. The van der Waals surface area contributed by atoms with Gasteiger partial charge in [-0.05, 0) is 18.9 Å². The van der Waals surface area contributed by atoms with Gasteiger partial charge >= 0.3 is 0 Å². The maximum absolute atomic E-state index is 4.95. The first kappa shape index (κ1) is 7.04. The lowest BCUT2D eigenvalue weighted by Crippen LogP contribution is -1.59. The molecule has 0 aromatic carbocycles. The van der Waals surface area contributed by atoms with Crippen LogP contribution >= 0.6 is 0 Å². The van der Waals surface area contributed by atoms with E-state index >= 15 is 0 Å². The van der Waals surface area contributed by atoms with Gasteiger partial charge in [-0.2, -0.15) is 0 Å². The zero-order chi connectivity index (χ0) is 6.24. The highest BCUT2D eigenvalue weighted by molar-refractivity contribution is 5.08. The summed E-state index contributed by atoms with van der Waals surface area (Å²) in [6.07, 6.45) is 12.5. The third-order valence-electron chi connectivity index (χ3n) is 0.752. The lowest BCUT2D eigenvalue weighted by atomic mass is 10.3. The van der Waals surface area contributed by atoms with E-state index in [9.17, 15) is 0 Å². The van der Waals surface area contributed by atoms with Crippen LogP contribution in [0, 0.1) is 12.3 Å². The molecule has 0 radical (unpaired) electrons. The Labute approximate surface area is 50.9 Å². The molecule has 0 heteroatoms. The van der Waals surface area contributed by atoms with Crippen LogP contribution in [0.3, 0.4) is 0 Å². The van der Waals surface area contributed by atoms with Gasteiger partial charge in [0.25, 0.3) is 0 Å². The molecular weight excluding hydrogens is 96.1 g/mol. The Morgan fingerprint density at radius 1 is 1.50 bits per heavy atom. The van der Waals surface area contributed by atoms with Gasteiger partial charge in [0.05, 0.1) is 0 Å². The van der Waals surface area contributed by atoms with E-state index in [1.54, 1.807) is 6.08 Å². The van der Waals surface area contributed by atoms with Crippen LogP contribution in [0.25, 0.3) is 0 Å². The van der Waals surface area contributed by atoms with Crippen molar-refractivity contribution in [3.63, 3.8) is 0 Å². The maximum Gasteiger partial charge on any atom is -0.0161 e. The molecule has 0 saturated heterocycles. The first-order valence-electron chi connectivity index (χ1n) is 2.64. The van der Waals surface area contributed by atoms with Crippen LogP contribution in [-0.4, -0.2) is 0 Å². The quantitative estimate of drug-likeness (QED) is 0.294. The highest BCUT2D eigenvalue weighted by Crippen LogP contribution is 1.88. The molecule has 8 heavy (non-hydrogen) atoms. The Morgan fingerprint density at radius 2 is 2.25 bits per heavy atom. The van der Waals surface area contributed by atoms with E-state index in [0.717, 1.165) is 12.8 Å². The largest absolute Gasteiger partial charge is 0.115 e. The Morgan fingerprint density at radius 3 is 2.75 bits per heavy atom. The number of hydrogen-bond acceptors (Lipinski definition) is 0. The summed E-state index contributed by atoms with van der Waals surface area (Å²) in [5.74, 6) is 2.41. The fraction of sp³-hybridized carbons (Fsp3) is 0.250. The molecular formula is C8H10. The summed E-state index contributed by atoms with van der Waals surface area (Å²) in [4.78, 5) is 0. The molecule has 0 bridgehead atoms. The van der Waals surface area contributed by atoms with E-state index < -0.39 is 0 Å². The first-order valence-corrected chi connectivity index (χ1v) is 2.64. The summed E-state index contributed by atoms with van der Waals surface area (Å²) in [6.45, 7) is 3.57. The molecule has 0 aliphatic rings. The predicted octanol–water partition coefficient (Wildman–Crippen LogP) is 2.14. The van der Waals surface area contributed by atoms with Crippen molar-refractivity contribution in [3.8, 4) is 12.3 Å². The molecule has 0 aromatic rings. The van der Waals surface area contributed by atoms with Crippen LogP contribution in [0.15, 0.2) is 24.8 Å². The van der Waals surface area contributed by atoms with E-state index in [1.165, 1.54) is 0 Å². The number of rotatable bonds is 3. The standard InChI is InChI=1S/C8H10/c1-3-5-7-8-6-4-2/h1,4-5,7H,2,6,8H2. The van der Waals surface area contributed by atoms with E-state index in [1.807, 2.05) is 12.2 Å². The summed E-state index contributed by atoms with van der Waals surface area (Å²) in [5.41, 5.74) is 0. The summed E-state index contributed by atoms with van der Waals surface area (Å²) < 4.78 is 0. The van der Waals surface area contributed by atoms with Gasteiger partial charge in [0.2, 0.25) is 0 Å². The van der Waals surface area contributed by atoms with Crippen molar-refractivity contribution < 1.29 is 0 Å². The smallest absolute Gasteiger partial charge is 0.0161 e. The maximum atomic E-state index is 4.95. The molecule has 0 spiro atoms. The minimum Gasteiger partial charge on any atom is -0.115 e. The number of allylic oxidation sites excluding steroid dienone is 3. The topological polar surface area (TPSA) is 0 Å². The Bertz CT molecular complexity index is 112. The van der Waals surface area contributed by atoms with Crippen molar-refractivity contribution in [2.45, 2.75) is 12.8 Å². The molecule has 0 amide bonds. The third-order valence-corrected chi connectivity index (χ3v) is 0.752. The summed E-state index contributed by atoms with van der Waals surface area (Å²) in [5, 5.41) is 0. The fourth-order valence-electron chi connectivity index (χ4n) is 0.365. The average Bonchev–Trinajstić information content (AvgIpc) is 1.81. The van der Waals surface area contributed by atoms with Crippen molar-refractivity contribution in [1.29, 1.82) is 0 Å². The van der Waals surface area contributed by atoms with E-state index in [-0.39, 0.29) is 0 Å².